The zero-order chi connectivity index (χ0) is 20.9. The minimum absolute atomic E-state index is 0. The van der Waals surface area contributed by atoms with Crippen LogP contribution in [0.2, 0.25) is 0 Å². The van der Waals surface area contributed by atoms with Crippen LogP contribution in [0.25, 0.3) is 0 Å². The van der Waals surface area contributed by atoms with Crippen molar-refractivity contribution >= 4 is 17.3 Å². The summed E-state index contributed by atoms with van der Waals surface area (Å²) in [7, 11) is 6.40. The highest BCUT2D eigenvalue weighted by molar-refractivity contribution is 5.93. The molecule has 2 aromatic rings. The van der Waals surface area contributed by atoms with Gasteiger partial charge < -0.3 is 45.1 Å². The van der Waals surface area contributed by atoms with Crippen molar-refractivity contribution in [2.75, 3.05) is 64.5 Å². The fourth-order valence-corrected chi connectivity index (χ4v) is 3.63. The number of halogens is 2. The molecule has 1 aliphatic rings. The number of quaternary nitrogens is 1. The van der Waals surface area contributed by atoms with Crippen LogP contribution in [-0.2, 0) is 18.3 Å². The molecule has 0 spiro atoms. The number of benzene rings is 1. The minimum atomic E-state index is -0.117. The summed E-state index contributed by atoms with van der Waals surface area (Å²) < 4.78 is 8.98. The molecule has 1 aromatic heterocycles. The second kappa shape index (κ2) is 12.1. The number of aromatic amines is 1. The third-order valence-corrected chi connectivity index (χ3v) is 5.72. The van der Waals surface area contributed by atoms with Crippen LogP contribution in [0.1, 0.15) is 12.2 Å². The van der Waals surface area contributed by atoms with Crippen molar-refractivity contribution in [3.63, 3.8) is 0 Å². The molecule has 0 bridgehead atoms. The summed E-state index contributed by atoms with van der Waals surface area (Å²) in [6.45, 7) is 6.34. The molecule has 0 aliphatic carbocycles. The number of carbonyl (C=O) groups excluding carboxylic acids is 1. The Morgan fingerprint density at radius 3 is 2.68 bits per heavy atom. The molecule has 1 aromatic carbocycles. The quantitative estimate of drug-likeness (QED) is 0.155. The molecule has 1 aliphatic heterocycles. The number of aryl methyl sites for hydroxylation is 1. The van der Waals surface area contributed by atoms with Crippen LogP contribution >= 0.6 is 0 Å². The smallest absolute Gasteiger partial charge is 0.263 e. The average molecular weight is 473 g/mol. The lowest BCUT2D eigenvalue weighted by Gasteiger charge is -2.41. The van der Waals surface area contributed by atoms with Gasteiger partial charge in [0.15, 0.2) is 0 Å². The third kappa shape index (κ3) is 7.88. The molecule has 3 rings (SSSR count). The van der Waals surface area contributed by atoms with Gasteiger partial charge in [0.2, 0.25) is 5.91 Å². The predicted octanol–water partition coefficient (Wildman–Crippen LogP) is -5.23. The molecular formula is C21H34Cl2N6O2. The highest BCUT2D eigenvalue weighted by Gasteiger charge is 2.26. The van der Waals surface area contributed by atoms with E-state index in [0.717, 1.165) is 36.4 Å². The summed E-state index contributed by atoms with van der Waals surface area (Å²) in [4.78, 5) is 17.9. The molecule has 174 valence electrons. The van der Waals surface area contributed by atoms with Crippen LogP contribution in [0.5, 0.6) is 5.75 Å². The third-order valence-electron chi connectivity index (χ3n) is 5.72. The lowest BCUT2D eigenvalue weighted by Crippen LogP contribution is -3.00. The molecule has 0 saturated carbocycles. The highest BCUT2D eigenvalue weighted by atomic mass is 35.5. The number of rotatable bonds is 8. The van der Waals surface area contributed by atoms with Gasteiger partial charge in [0.1, 0.15) is 24.6 Å². The van der Waals surface area contributed by atoms with Gasteiger partial charge in [-0.15, -0.1) is 0 Å². The Labute approximate surface area is 197 Å². The van der Waals surface area contributed by atoms with Crippen molar-refractivity contribution in [2.45, 2.75) is 12.8 Å². The summed E-state index contributed by atoms with van der Waals surface area (Å²) >= 11 is 0. The van der Waals surface area contributed by atoms with Crippen LogP contribution in [-0.4, -0.2) is 73.7 Å². The van der Waals surface area contributed by atoms with Crippen molar-refractivity contribution in [3.05, 3.63) is 36.4 Å². The molecule has 1 saturated heterocycles. The van der Waals surface area contributed by atoms with Gasteiger partial charge in [-0.3, -0.25) is 9.69 Å². The Morgan fingerprint density at radius 2 is 2.03 bits per heavy atom. The van der Waals surface area contributed by atoms with Gasteiger partial charge in [0.05, 0.1) is 46.0 Å². The number of nitrogens with one attached hydrogen (secondary N) is 2. The van der Waals surface area contributed by atoms with E-state index in [1.165, 1.54) is 13.1 Å². The number of carbonyl (C=O) groups is 1. The number of amides is 1. The van der Waals surface area contributed by atoms with E-state index in [4.69, 9.17) is 10.5 Å². The largest absolute Gasteiger partial charge is 1.00 e. The molecule has 1 fully saturated rings. The van der Waals surface area contributed by atoms with Crippen molar-refractivity contribution in [1.82, 2.24) is 9.88 Å². The van der Waals surface area contributed by atoms with Gasteiger partial charge in [-0.25, -0.2) is 9.55 Å². The van der Waals surface area contributed by atoms with Gasteiger partial charge in [0.25, 0.3) is 5.82 Å². The number of imidazole rings is 1. The number of hydrogen-bond acceptors (Lipinski definition) is 4. The summed E-state index contributed by atoms with van der Waals surface area (Å²) in [6, 6.07) is 5.37. The van der Waals surface area contributed by atoms with Crippen molar-refractivity contribution in [3.8, 4) is 5.75 Å². The van der Waals surface area contributed by atoms with Crippen LogP contribution in [0, 0.1) is 0 Å². The van der Waals surface area contributed by atoms with Gasteiger partial charge in [-0.1, -0.05) is 0 Å². The Hall–Kier alpha value is -2.00. The molecule has 2 heterocycles. The first-order valence-electron chi connectivity index (χ1n) is 10.2. The molecule has 4 N–H and O–H groups in total. The van der Waals surface area contributed by atoms with E-state index in [2.05, 4.69) is 29.3 Å². The van der Waals surface area contributed by atoms with E-state index in [1.54, 1.807) is 18.3 Å². The maximum atomic E-state index is 12.5. The maximum Gasteiger partial charge on any atom is 0.263 e. The number of nitrogen functional groups attached to an aromatic ring is 1. The number of likely N-dealkylation sites (N-methyl/N-ethyl adjacent to an activating group) is 2. The van der Waals surface area contributed by atoms with E-state index in [1.807, 2.05) is 23.9 Å². The van der Waals surface area contributed by atoms with Gasteiger partial charge in [-0.2, -0.15) is 0 Å². The van der Waals surface area contributed by atoms with Crippen LogP contribution in [0.15, 0.2) is 30.6 Å². The molecule has 0 radical (unpaired) electrons. The SMILES string of the molecule is CN1CC[N+](C)(CCCOc2ccc(N)cc2NC(=O)Cc2[nH]cc[n+]2C)CC1.[Cl-].[Cl-]. The zero-order valence-corrected chi connectivity index (χ0v) is 20.0. The minimum Gasteiger partial charge on any atom is -1.00 e. The van der Waals surface area contributed by atoms with Gasteiger partial charge in [-0.05, 0) is 25.2 Å². The van der Waals surface area contributed by atoms with Gasteiger partial charge in [0, 0.05) is 25.2 Å². The number of aromatic nitrogens is 2. The summed E-state index contributed by atoms with van der Waals surface area (Å²) in [6.07, 6.45) is 4.90. The first-order valence-corrected chi connectivity index (χ1v) is 10.2. The summed E-state index contributed by atoms with van der Waals surface area (Å²) in [5.41, 5.74) is 7.13. The average Bonchev–Trinajstić information content (AvgIpc) is 3.07. The molecule has 8 nitrogen and oxygen atoms in total. The number of nitrogens with two attached hydrogens (primary N) is 1. The van der Waals surface area contributed by atoms with Crippen molar-refractivity contribution in [2.24, 2.45) is 7.05 Å². The van der Waals surface area contributed by atoms with E-state index in [9.17, 15) is 4.79 Å². The van der Waals surface area contributed by atoms with Crippen LogP contribution in [0.4, 0.5) is 11.4 Å². The lowest BCUT2D eigenvalue weighted by molar-refractivity contribution is -0.913. The summed E-state index contributed by atoms with van der Waals surface area (Å²) in [5.74, 6) is 1.37. The van der Waals surface area contributed by atoms with E-state index < -0.39 is 0 Å². The Bertz CT molecular complexity index is 837. The number of hydrogen-bond donors (Lipinski definition) is 3. The highest BCUT2D eigenvalue weighted by Crippen LogP contribution is 2.27. The number of H-pyrrole nitrogens is 1. The molecule has 10 heteroatoms. The Morgan fingerprint density at radius 1 is 1.32 bits per heavy atom. The van der Waals surface area contributed by atoms with E-state index in [-0.39, 0.29) is 37.1 Å². The Balaban J connectivity index is 0.00000240. The first kappa shape index (κ1) is 27.0. The summed E-state index contributed by atoms with van der Waals surface area (Å²) in [5, 5.41) is 2.93. The molecule has 0 unspecified atom stereocenters. The topological polar surface area (TPSA) is 87.3 Å². The molecule has 1 amide bonds. The fourth-order valence-electron chi connectivity index (χ4n) is 3.63. The van der Waals surface area contributed by atoms with Gasteiger partial charge >= 0.3 is 0 Å². The molecular weight excluding hydrogens is 439 g/mol. The Kier molecular flexibility index (Phi) is 10.6. The standard InChI is InChI=1S/C21H32N6O2.2ClH/c1-25-9-12-27(3,13-10-25)11-4-14-29-19-6-5-17(22)15-18(19)24-21(28)16-20-23-7-8-26(20)2;;/h5-8,15H,4,9-14,16,22H2,1-3H3;2*1H. The lowest BCUT2D eigenvalue weighted by atomic mass is 10.2. The van der Waals surface area contributed by atoms with Crippen molar-refractivity contribution < 1.29 is 43.4 Å². The van der Waals surface area contributed by atoms with Crippen LogP contribution < -0.4 is 45.2 Å². The number of anilines is 2. The molecule has 0 atom stereocenters. The second-order valence-corrected chi connectivity index (χ2v) is 8.29. The van der Waals surface area contributed by atoms with E-state index in [0.29, 0.717) is 23.7 Å². The first-order chi connectivity index (χ1) is 13.8. The second-order valence-electron chi connectivity index (χ2n) is 8.29. The van der Waals surface area contributed by atoms with Crippen molar-refractivity contribution in [1.29, 1.82) is 0 Å². The maximum absolute atomic E-state index is 12.5. The monoisotopic (exact) mass is 472 g/mol. The zero-order valence-electron chi connectivity index (χ0n) is 18.5. The number of piperazine rings is 1. The predicted molar refractivity (Wildman–Crippen MR) is 114 cm³/mol. The molecule has 31 heavy (non-hydrogen) atoms. The van der Waals surface area contributed by atoms with Crippen LogP contribution in [0.3, 0.4) is 0 Å². The normalized spacial score (nSPS) is 15.5. The number of nitrogens with zero attached hydrogens (tertiary/aromatic N) is 3. The number of ether oxygens (including phenoxy) is 1. The van der Waals surface area contributed by atoms with E-state index >= 15 is 0 Å². The fraction of sp³-hybridized carbons (Fsp3) is 0.524.